The van der Waals surface area contributed by atoms with Crippen LogP contribution < -0.4 is 0 Å². The second kappa shape index (κ2) is 20.6. The summed E-state index contributed by atoms with van der Waals surface area (Å²) in [7, 11) is 0. The molecular formula is C79H50N8. The second-order valence-electron chi connectivity index (χ2n) is 22.2. The standard InChI is InChI=1S/C79H50N8/c1-7-21-50(22-8-1)74-80-75(51-23-9-2-10-24-51)83-78(82-74)62-33-19-35-70-72(62)66-48-56(41-43-68(66)86(70)60-29-15-5-16-30-60)54-37-39-58-45-59-40-38-55(47-65(59)64(58)46-54)57-42-44-69-67(49-57)73-63(34-20-36-71(73)87(69)61-31-17-6-18-32-61)79-84-76(52-25-11-3-12-26-52)81-77(85-79)53-27-13-4-14-28-53/h1-44,46-49H,45H2. The van der Waals surface area contributed by atoms with Gasteiger partial charge in [-0.25, -0.2) is 29.9 Å². The van der Waals surface area contributed by atoms with Gasteiger partial charge in [-0.3, -0.25) is 0 Å². The van der Waals surface area contributed by atoms with Crippen molar-refractivity contribution in [2.75, 3.05) is 0 Å². The van der Waals surface area contributed by atoms with Crippen LogP contribution in [-0.2, 0) is 6.42 Å². The van der Waals surface area contributed by atoms with Gasteiger partial charge in [0.1, 0.15) is 0 Å². The largest absolute Gasteiger partial charge is 0.309 e. The first-order chi connectivity index (χ1) is 43.1. The molecule has 0 amide bonds. The van der Waals surface area contributed by atoms with Gasteiger partial charge in [0, 0.05) is 66.3 Å². The Morgan fingerprint density at radius 1 is 0.218 bits per heavy atom. The molecule has 406 valence electrons. The van der Waals surface area contributed by atoms with Crippen molar-refractivity contribution >= 4 is 43.6 Å². The van der Waals surface area contributed by atoms with E-state index < -0.39 is 0 Å². The highest BCUT2D eigenvalue weighted by atomic mass is 15.1. The van der Waals surface area contributed by atoms with Gasteiger partial charge in [0.2, 0.25) is 0 Å². The molecule has 0 saturated heterocycles. The summed E-state index contributed by atoms with van der Waals surface area (Å²) in [5, 5.41) is 4.39. The molecule has 1 aliphatic carbocycles. The van der Waals surface area contributed by atoms with Crippen LogP contribution in [0.1, 0.15) is 11.1 Å². The molecule has 0 aliphatic heterocycles. The third-order valence-corrected chi connectivity index (χ3v) is 17.0. The molecule has 4 heterocycles. The van der Waals surface area contributed by atoms with Crippen molar-refractivity contribution in [3.05, 3.63) is 302 Å². The van der Waals surface area contributed by atoms with E-state index in [1.165, 1.54) is 22.3 Å². The van der Waals surface area contributed by atoms with Gasteiger partial charge >= 0.3 is 0 Å². The minimum atomic E-state index is 0.620. The molecule has 0 atom stereocenters. The molecule has 1 aliphatic rings. The maximum atomic E-state index is 5.25. The van der Waals surface area contributed by atoms with Gasteiger partial charge in [0.05, 0.1) is 22.1 Å². The van der Waals surface area contributed by atoms with Crippen molar-refractivity contribution in [3.63, 3.8) is 0 Å². The number of nitrogens with zero attached hydrogens (tertiary/aromatic N) is 8. The van der Waals surface area contributed by atoms with Crippen LogP contribution in [0, 0.1) is 0 Å². The zero-order chi connectivity index (χ0) is 57.4. The molecule has 12 aromatic carbocycles. The van der Waals surface area contributed by atoms with Crippen LogP contribution in [0.3, 0.4) is 0 Å². The topological polar surface area (TPSA) is 87.2 Å². The molecule has 17 rings (SSSR count). The van der Waals surface area contributed by atoms with E-state index >= 15 is 0 Å². The first-order valence-electron chi connectivity index (χ1n) is 29.4. The molecule has 4 aromatic heterocycles. The third-order valence-electron chi connectivity index (χ3n) is 17.0. The zero-order valence-corrected chi connectivity index (χ0v) is 47.0. The Hall–Kier alpha value is -11.7. The van der Waals surface area contributed by atoms with Crippen LogP contribution in [0.25, 0.3) is 157 Å². The van der Waals surface area contributed by atoms with Gasteiger partial charge in [0.15, 0.2) is 34.9 Å². The maximum Gasteiger partial charge on any atom is 0.164 e. The van der Waals surface area contributed by atoms with Crippen LogP contribution in [0.5, 0.6) is 0 Å². The normalized spacial score (nSPS) is 11.9. The van der Waals surface area contributed by atoms with Crippen LogP contribution in [0.4, 0.5) is 0 Å². The quantitative estimate of drug-likeness (QED) is 0.136. The Labute approximate surface area is 501 Å². The highest BCUT2D eigenvalue weighted by Crippen LogP contribution is 2.46. The van der Waals surface area contributed by atoms with Crippen LogP contribution in [0.15, 0.2) is 291 Å². The molecule has 0 saturated carbocycles. The first kappa shape index (κ1) is 49.8. The smallest absolute Gasteiger partial charge is 0.164 e. The summed E-state index contributed by atoms with van der Waals surface area (Å²) in [6, 6.07) is 103. The van der Waals surface area contributed by atoms with Gasteiger partial charge in [-0.2, -0.15) is 0 Å². The summed E-state index contributed by atoms with van der Waals surface area (Å²) in [6.45, 7) is 0. The number of hydrogen-bond donors (Lipinski definition) is 0. The van der Waals surface area contributed by atoms with Crippen LogP contribution in [0.2, 0.25) is 0 Å². The molecule has 0 fully saturated rings. The van der Waals surface area contributed by atoms with Gasteiger partial charge in [-0.05, 0) is 124 Å². The average molecular weight is 1110 g/mol. The van der Waals surface area contributed by atoms with Gasteiger partial charge in [0.25, 0.3) is 0 Å². The fourth-order valence-electron chi connectivity index (χ4n) is 13.0. The van der Waals surface area contributed by atoms with Crippen molar-refractivity contribution in [1.82, 2.24) is 39.0 Å². The molecule has 0 spiro atoms. The Morgan fingerprint density at radius 3 is 0.885 bits per heavy atom. The summed E-state index contributed by atoms with van der Waals surface area (Å²) < 4.78 is 4.73. The van der Waals surface area contributed by atoms with E-state index in [2.05, 4.69) is 228 Å². The van der Waals surface area contributed by atoms with Gasteiger partial charge < -0.3 is 9.13 Å². The second-order valence-corrected chi connectivity index (χ2v) is 22.2. The molecule has 8 nitrogen and oxygen atoms in total. The Kier molecular flexibility index (Phi) is 11.8. The summed E-state index contributed by atoms with van der Waals surface area (Å²) in [5.41, 5.74) is 21.8. The number of fused-ring (bicyclic) bond motifs is 9. The lowest BCUT2D eigenvalue weighted by molar-refractivity contribution is 1.08. The zero-order valence-electron chi connectivity index (χ0n) is 47.0. The van der Waals surface area contributed by atoms with Crippen molar-refractivity contribution in [3.8, 4) is 113 Å². The summed E-state index contributed by atoms with van der Waals surface area (Å²) in [6.07, 6.45) is 0.870. The van der Waals surface area contributed by atoms with Crippen molar-refractivity contribution in [2.45, 2.75) is 6.42 Å². The maximum absolute atomic E-state index is 5.25. The van der Waals surface area contributed by atoms with E-state index in [-0.39, 0.29) is 0 Å². The average Bonchev–Trinajstić information content (AvgIpc) is 1.78. The molecule has 0 radical (unpaired) electrons. The SMILES string of the molecule is c1ccc(-c2nc(-c3ccccc3)nc(-c3cccc4c3c3cc(-c5ccc6c(c5)-c5cc(-c7ccc8c(c7)c7c(-c9nc(-c%10ccccc%10)nc(-c%10ccccc%10)n9)cccc7n8-c7ccccc7)ccc5C6)ccc3n4-c3ccccc3)n2)cc1. The lowest BCUT2D eigenvalue weighted by atomic mass is 9.95. The summed E-state index contributed by atoms with van der Waals surface area (Å²) in [4.78, 5) is 31.1. The minimum Gasteiger partial charge on any atom is -0.309 e. The molecule has 87 heavy (non-hydrogen) atoms. The van der Waals surface area contributed by atoms with E-state index in [1.807, 2.05) is 72.8 Å². The van der Waals surface area contributed by atoms with Crippen LogP contribution >= 0.6 is 0 Å². The molecular weight excluding hydrogens is 1060 g/mol. The molecule has 0 bridgehead atoms. The first-order valence-corrected chi connectivity index (χ1v) is 29.4. The monoisotopic (exact) mass is 1110 g/mol. The summed E-state index contributed by atoms with van der Waals surface area (Å²) in [5.74, 6) is 3.75. The molecule has 0 unspecified atom stereocenters. The van der Waals surface area contributed by atoms with Crippen molar-refractivity contribution in [1.29, 1.82) is 0 Å². The van der Waals surface area contributed by atoms with E-state index in [1.54, 1.807) is 0 Å². The lowest BCUT2D eigenvalue weighted by Gasteiger charge is -2.10. The molecule has 16 aromatic rings. The van der Waals surface area contributed by atoms with E-state index in [0.29, 0.717) is 34.9 Å². The predicted octanol–water partition coefficient (Wildman–Crippen LogP) is 19.2. The Balaban J connectivity index is 0.802. The number of rotatable bonds is 10. The highest BCUT2D eigenvalue weighted by molar-refractivity contribution is 6.17. The predicted molar refractivity (Wildman–Crippen MR) is 354 cm³/mol. The minimum absolute atomic E-state index is 0.620. The highest BCUT2D eigenvalue weighted by Gasteiger charge is 2.25. The van der Waals surface area contributed by atoms with Crippen LogP contribution in [-0.4, -0.2) is 39.0 Å². The van der Waals surface area contributed by atoms with Crippen molar-refractivity contribution in [2.24, 2.45) is 0 Å². The van der Waals surface area contributed by atoms with E-state index in [4.69, 9.17) is 29.9 Å². The number of hydrogen-bond acceptors (Lipinski definition) is 6. The van der Waals surface area contributed by atoms with E-state index in [0.717, 1.165) is 117 Å². The number of aromatic nitrogens is 8. The van der Waals surface area contributed by atoms with Gasteiger partial charge in [-0.1, -0.05) is 218 Å². The fourth-order valence-corrected chi connectivity index (χ4v) is 13.0. The van der Waals surface area contributed by atoms with E-state index in [9.17, 15) is 0 Å². The number of para-hydroxylation sites is 2. The molecule has 0 N–H and O–H groups in total. The fraction of sp³-hybridized carbons (Fsp3) is 0.0127. The number of benzene rings is 12. The van der Waals surface area contributed by atoms with Gasteiger partial charge in [-0.15, -0.1) is 0 Å². The third kappa shape index (κ3) is 8.61. The van der Waals surface area contributed by atoms with Crippen molar-refractivity contribution < 1.29 is 0 Å². The lowest BCUT2D eigenvalue weighted by Crippen LogP contribution is -2.00. The summed E-state index contributed by atoms with van der Waals surface area (Å²) >= 11 is 0. The Bertz CT molecular complexity index is 4880. The molecule has 8 heteroatoms. The Morgan fingerprint density at radius 2 is 0.529 bits per heavy atom.